The lowest BCUT2D eigenvalue weighted by Crippen LogP contribution is -2.36. The molecule has 7 heteroatoms. The Hall–Kier alpha value is -3.87. The number of fused-ring (bicyclic) bond motifs is 1. The molecule has 0 aliphatic rings. The van der Waals surface area contributed by atoms with Crippen LogP contribution in [0.2, 0.25) is 0 Å². The third-order valence-electron chi connectivity index (χ3n) is 4.93. The van der Waals surface area contributed by atoms with Gasteiger partial charge in [0.25, 0.3) is 11.5 Å². The molecule has 29 heavy (non-hydrogen) atoms. The van der Waals surface area contributed by atoms with Gasteiger partial charge in [0.05, 0.1) is 17.6 Å². The van der Waals surface area contributed by atoms with Crippen LogP contribution in [0.3, 0.4) is 0 Å². The molecule has 2 aromatic carbocycles. The van der Waals surface area contributed by atoms with Crippen LogP contribution in [0.15, 0.2) is 70.4 Å². The summed E-state index contributed by atoms with van der Waals surface area (Å²) in [6.07, 6.45) is 1.56. The molecular weight excluding hydrogens is 368 g/mol. The van der Waals surface area contributed by atoms with Crippen LogP contribution < -0.4 is 16.6 Å². The van der Waals surface area contributed by atoms with E-state index in [4.69, 9.17) is 0 Å². The number of nitrogens with zero attached hydrogens (tertiary/aromatic N) is 2. The summed E-state index contributed by atoms with van der Waals surface area (Å²) in [4.78, 5) is 41.2. The van der Waals surface area contributed by atoms with Crippen molar-refractivity contribution in [1.82, 2.24) is 14.1 Å². The fraction of sp³-hybridized carbons (Fsp3) is 0.136. The zero-order chi connectivity index (χ0) is 20.5. The zero-order valence-electron chi connectivity index (χ0n) is 16.1. The number of aromatic amines is 1. The van der Waals surface area contributed by atoms with Crippen LogP contribution in [-0.4, -0.2) is 20.0 Å². The minimum absolute atomic E-state index is 0.154. The fourth-order valence-electron chi connectivity index (χ4n) is 3.39. The first-order valence-corrected chi connectivity index (χ1v) is 9.19. The Morgan fingerprint density at radius 1 is 1.03 bits per heavy atom. The lowest BCUT2D eigenvalue weighted by atomic mass is 10.2. The number of carbonyl (C=O) groups is 1. The van der Waals surface area contributed by atoms with Gasteiger partial charge in [-0.1, -0.05) is 48.5 Å². The molecule has 0 spiro atoms. The summed E-state index contributed by atoms with van der Waals surface area (Å²) in [6.45, 7) is 2.05. The Kier molecular flexibility index (Phi) is 4.64. The number of anilines is 1. The molecule has 0 aliphatic carbocycles. The molecule has 0 saturated heterocycles. The Bertz CT molecular complexity index is 1330. The first kappa shape index (κ1) is 18.5. The van der Waals surface area contributed by atoms with E-state index in [0.29, 0.717) is 5.69 Å². The van der Waals surface area contributed by atoms with Crippen molar-refractivity contribution in [2.45, 2.75) is 13.5 Å². The Labute approximate surface area is 166 Å². The second-order valence-electron chi connectivity index (χ2n) is 6.95. The lowest BCUT2D eigenvalue weighted by molar-refractivity contribution is 0.102. The minimum atomic E-state index is -0.553. The Balaban J connectivity index is 1.78. The third-order valence-corrected chi connectivity index (χ3v) is 4.93. The molecule has 146 valence electrons. The minimum Gasteiger partial charge on any atom is -0.344 e. The molecule has 0 radical (unpaired) electrons. The van der Waals surface area contributed by atoms with Crippen LogP contribution in [0.25, 0.3) is 11.0 Å². The van der Waals surface area contributed by atoms with Crippen LogP contribution in [-0.2, 0) is 13.6 Å². The summed E-state index contributed by atoms with van der Waals surface area (Å²) >= 11 is 0. The van der Waals surface area contributed by atoms with E-state index < -0.39 is 11.2 Å². The first-order chi connectivity index (χ1) is 14.0. The summed E-state index contributed by atoms with van der Waals surface area (Å²) < 4.78 is 2.71. The molecule has 2 N–H and O–H groups in total. The second kappa shape index (κ2) is 7.27. The predicted molar refractivity (Wildman–Crippen MR) is 112 cm³/mol. The van der Waals surface area contributed by atoms with Crippen molar-refractivity contribution in [3.8, 4) is 0 Å². The number of H-pyrrole nitrogens is 1. The van der Waals surface area contributed by atoms with Gasteiger partial charge in [-0.05, 0) is 24.1 Å². The number of para-hydroxylation sites is 1. The summed E-state index contributed by atoms with van der Waals surface area (Å²) in [5.74, 6) is -0.388. The first-order valence-electron chi connectivity index (χ1n) is 9.19. The van der Waals surface area contributed by atoms with Gasteiger partial charge in [0.2, 0.25) is 0 Å². The summed E-state index contributed by atoms with van der Waals surface area (Å²) in [5.41, 5.74) is 2.19. The highest BCUT2D eigenvalue weighted by Crippen LogP contribution is 2.19. The highest BCUT2D eigenvalue weighted by Gasteiger charge is 2.20. The van der Waals surface area contributed by atoms with E-state index in [1.807, 2.05) is 55.5 Å². The number of amides is 1. The van der Waals surface area contributed by atoms with Crippen LogP contribution in [0.4, 0.5) is 5.69 Å². The number of aryl methyl sites for hydroxylation is 2. The van der Waals surface area contributed by atoms with Crippen molar-refractivity contribution in [2.24, 2.45) is 7.05 Å². The van der Waals surface area contributed by atoms with E-state index in [9.17, 15) is 14.4 Å². The van der Waals surface area contributed by atoms with Crippen molar-refractivity contribution in [2.75, 3.05) is 5.32 Å². The van der Waals surface area contributed by atoms with Gasteiger partial charge in [0, 0.05) is 18.9 Å². The smallest absolute Gasteiger partial charge is 0.329 e. The molecule has 4 aromatic rings. The highest BCUT2D eigenvalue weighted by molar-refractivity contribution is 6.12. The van der Waals surface area contributed by atoms with Crippen molar-refractivity contribution in [3.63, 3.8) is 0 Å². The third kappa shape index (κ3) is 3.38. The molecule has 1 amide bonds. The van der Waals surface area contributed by atoms with Crippen molar-refractivity contribution >= 4 is 22.6 Å². The fourth-order valence-corrected chi connectivity index (χ4v) is 3.39. The Morgan fingerprint density at radius 2 is 1.72 bits per heavy atom. The van der Waals surface area contributed by atoms with Gasteiger partial charge in [-0.3, -0.25) is 14.2 Å². The number of benzene rings is 2. The van der Waals surface area contributed by atoms with Gasteiger partial charge >= 0.3 is 5.69 Å². The predicted octanol–water partition coefficient (Wildman–Crippen LogP) is 2.64. The van der Waals surface area contributed by atoms with E-state index in [2.05, 4.69) is 10.3 Å². The molecule has 0 atom stereocenters. The van der Waals surface area contributed by atoms with Crippen LogP contribution >= 0.6 is 0 Å². The SMILES string of the molecule is Cc1ccccc1NC(=O)c1cn(C)c2c(=O)n(Cc3ccccc3)c(=O)[nH]c12. The number of aromatic nitrogens is 3. The van der Waals surface area contributed by atoms with E-state index in [0.717, 1.165) is 15.7 Å². The molecule has 7 nitrogen and oxygen atoms in total. The van der Waals surface area contributed by atoms with Gasteiger partial charge in [0.15, 0.2) is 0 Å². The highest BCUT2D eigenvalue weighted by atomic mass is 16.2. The van der Waals surface area contributed by atoms with E-state index in [-0.39, 0.29) is 29.0 Å². The van der Waals surface area contributed by atoms with Crippen LogP contribution in [0.1, 0.15) is 21.5 Å². The standard InChI is InChI=1S/C22H20N4O3/c1-14-8-6-7-11-17(14)23-20(27)16-13-25(2)19-18(16)24-22(29)26(21(19)28)12-15-9-4-3-5-10-15/h3-11,13H,12H2,1-2H3,(H,23,27)(H,24,29). The normalized spacial score (nSPS) is 11.0. The number of rotatable bonds is 4. The van der Waals surface area contributed by atoms with Gasteiger partial charge in [0.1, 0.15) is 5.52 Å². The molecule has 2 heterocycles. The van der Waals surface area contributed by atoms with E-state index >= 15 is 0 Å². The zero-order valence-corrected chi connectivity index (χ0v) is 16.1. The quantitative estimate of drug-likeness (QED) is 0.563. The summed E-state index contributed by atoms with van der Waals surface area (Å²) in [7, 11) is 1.68. The van der Waals surface area contributed by atoms with Crippen LogP contribution in [0, 0.1) is 6.92 Å². The number of carbonyl (C=O) groups excluding carboxylic acids is 1. The largest absolute Gasteiger partial charge is 0.344 e. The van der Waals surface area contributed by atoms with Gasteiger partial charge in [-0.25, -0.2) is 4.79 Å². The maximum absolute atomic E-state index is 13.0. The van der Waals surface area contributed by atoms with Crippen LogP contribution in [0.5, 0.6) is 0 Å². The number of hydrogen-bond acceptors (Lipinski definition) is 3. The molecule has 0 aliphatic heterocycles. The van der Waals surface area contributed by atoms with Crippen molar-refractivity contribution < 1.29 is 4.79 Å². The summed E-state index contributed by atoms with van der Waals surface area (Å²) in [5, 5.41) is 2.84. The summed E-state index contributed by atoms with van der Waals surface area (Å²) in [6, 6.07) is 16.7. The molecule has 0 bridgehead atoms. The maximum Gasteiger partial charge on any atom is 0.329 e. The van der Waals surface area contributed by atoms with Crippen molar-refractivity contribution in [1.29, 1.82) is 0 Å². The molecular formula is C22H20N4O3. The van der Waals surface area contributed by atoms with E-state index in [1.54, 1.807) is 23.9 Å². The molecule has 2 aromatic heterocycles. The molecule has 4 rings (SSSR count). The second-order valence-corrected chi connectivity index (χ2v) is 6.95. The monoisotopic (exact) mass is 388 g/mol. The molecule has 0 saturated carbocycles. The van der Waals surface area contributed by atoms with Gasteiger partial charge in [-0.15, -0.1) is 0 Å². The number of nitrogens with one attached hydrogen (secondary N) is 2. The Morgan fingerprint density at radius 3 is 2.45 bits per heavy atom. The van der Waals surface area contributed by atoms with Gasteiger partial charge in [-0.2, -0.15) is 0 Å². The molecule has 0 unspecified atom stereocenters. The average Bonchev–Trinajstić information content (AvgIpc) is 3.04. The average molecular weight is 388 g/mol. The van der Waals surface area contributed by atoms with Gasteiger partial charge < -0.3 is 14.9 Å². The number of hydrogen-bond donors (Lipinski definition) is 2. The van der Waals surface area contributed by atoms with E-state index in [1.165, 1.54) is 0 Å². The lowest BCUT2D eigenvalue weighted by Gasteiger charge is -2.08. The maximum atomic E-state index is 13.0. The van der Waals surface area contributed by atoms with Crippen molar-refractivity contribution in [3.05, 3.63) is 98.3 Å². The molecule has 0 fully saturated rings. The topological polar surface area (TPSA) is 88.9 Å².